The van der Waals surface area contributed by atoms with Crippen LogP contribution < -0.4 is 10.2 Å². The van der Waals surface area contributed by atoms with E-state index in [1.165, 1.54) is 12.1 Å². The first kappa shape index (κ1) is 17.7. The quantitative estimate of drug-likeness (QED) is 0.887. The van der Waals surface area contributed by atoms with Crippen LogP contribution in [0.3, 0.4) is 0 Å². The zero-order chi connectivity index (χ0) is 18.5. The Bertz CT molecular complexity index is 802. The molecule has 1 aromatic carbocycles. The van der Waals surface area contributed by atoms with E-state index in [2.05, 4.69) is 15.5 Å². The molecule has 0 spiro atoms. The molecule has 26 heavy (non-hydrogen) atoms. The molecule has 0 saturated carbocycles. The summed E-state index contributed by atoms with van der Waals surface area (Å²) in [6.45, 7) is 1.34. The number of rotatable bonds is 5. The molecule has 6 nitrogen and oxygen atoms in total. The van der Waals surface area contributed by atoms with Crippen molar-refractivity contribution >= 4 is 11.7 Å². The van der Waals surface area contributed by atoms with Crippen molar-refractivity contribution < 1.29 is 13.6 Å². The Morgan fingerprint density at radius 3 is 2.65 bits per heavy atom. The Morgan fingerprint density at radius 1 is 1.27 bits per heavy atom. The lowest BCUT2D eigenvalue weighted by Gasteiger charge is -2.17. The first-order valence-electron chi connectivity index (χ1n) is 8.20. The third-order valence-electron chi connectivity index (χ3n) is 4.24. The zero-order valence-electron chi connectivity index (χ0n) is 13.9. The van der Waals surface area contributed by atoms with E-state index in [0.29, 0.717) is 17.9 Å². The molecule has 0 aliphatic carbocycles. The largest absolute Gasteiger partial charge is 0.353 e. The van der Waals surface area contributed by atoms with E-state index in [9.17, 15) is 13.6 Å². The molecule has 0 bridgehead atoms. The van der Waals surface area contributed by atoms with Gasteiger partial charge in [-0.2, -0.15) is 5.26 Å². The number of hydrogen-bond donors (Lipinski definition) is 1. The highest BCUT2D eigenvalue weighted by atomic mass is 19.3. The highest BCUT2D eigenvalue weighted by Crippen LogP contribution is 2.19. The smallest absolute Gasteiger partial charge is 0.263 e. The third kappa shape index (κ3) is 4.30. The van der Waals surface area contributed by atoms with E-state index in [1.54, 1.807) is 24.3 Å². The van der Waals surface area contributed by atoms with Crippen molar-refractivity contribution in [1.29, 1.82) is 5.26 Å². The van der Waals surface area contributed by atoms with Crippen LogP contribution in [0.4, 0.5) is 14.6 Å². The van der Waals surface area contributed by atoms with E-state index < -0.39 is 6.43 Å². The van der Waals surface area contributed by atoms with E-state index in [1.807, 2.05) is 11.0 Å². The van der Waals surface area contributed by atoms with Crippen LogP contribution in [0.15, 0.2) is 36.4 Å². The lowest BCUT2D eigenvalue weighted by atomic mass is 10.1. The summed E-state index contributed by atoms with van der Waals surface area (Å²) in [5, 5.41) is 19.5. The van der Waals surface area contributed by atoms with Crippen molar-refractivity contribution in [2.45, 2.75) is 25.3 Å². The van der Waals surface area contributed by atoms with Crippen LogP contribution in [0.25, 0.3) is 0 Å². The van der Waals surface area contributed by atoms with Gasteiger partial charge in [-0.3, -0.25) is 4.79 Å². The predicted molar refractivity (Wildman–Crippen MR) is 90.6 cm³/mol. The summed E-state index contributed by atoms with van der Waals surface area (Å²) in [4.78, 5) is 14.2. The van der Waals surface area contributed by atoms with Gasteiger partial charge >= 0.3 is 0 Å². The first-order chi connectivity index (χ1) is 12.5. The van der Waals surface area contributed by atoms with Crippen molar-refractivity contribution in [3.8, 4) is 6.07 Å². The summed E-state index contributed by atoms with van der Waals surface area (Å²) in [5.41, 5.74) is 0.902. The third-order valence-corrected chi connectivity index (χ3v) is 4.24. The average molecular weight is 357 g/mol. The Balaban J connectivity index is 1.51. The standard InChI is InChI=1S/C18H17F2N5O/c19-18(20)13-3-1-12(2-4-13)9-17(26)22-15-7-8-25(11-15)16-6-5-14(10-21)23-24-16/h1-6,15,18H,7-9,11H2,(H,22,26)/t15-/m0/s1. The summed E-state index contributed by atoms with van der Waals surface area (Å²) in [6, 6.07) is 11.0. The minimum Gasteiger partial charge on any atom is -0.353 e. The molecule has 1 fully saturated rings. The van der Waals surface area contributed by atoms with Crippen molar-refractivity contribution in [1.82, 2.24) is 15.5 Å². The predicted octanol–water partition coefficient (Wildman–Crippen LogP) is 2.22. The monoisotopic (exact) mass is 357 g/mol. The first-order valence-corrected chi connectivity index (χ1v) is 8.20. The number of carbonyl (C=O) groups excluding carboxylic acids is 1. The molecule has 134 valence electrons. The number of carbonyl (C=O) groups is 1. The average Bonchev–Trinajstić information content (AvgIpc) is 3.10. The number of anilines is 1. The fourth-order valence-electron chi connectivity index (χ4n) is 2.88. The Labute approximate surface area is 149 Å². The van der Waals surface area contributed by atoms with Crippen LogP contribution in [0.1, 0.15) is 29.7 Å². The van der Waals surface area contributed by atoms with E-state index >= 15 is 0 Å². The van der Waals surface area contributed by atoms with Crippen molar-refractivity contribution in [3.05, 3.63) is 53.2 Å². The summed E-state index contributed by atoms with van der Waals surface area (Å²) in [7, 11) is 0. The maximum Gasteiger partial charge on any atom is 0.263 e. The van der Waals surface area contributed by atoms with Crippen LogP contribution >= 0.6 is 0 Å². The van der Waals surface area contributed by atoms with Gasteiger partial charge in [-0.15, -0.1) is 10.2 Å². The molecule has 1 aliphatic heterocycles. The number of halogens is 2. The van der Waals surface area contributed by atoms with Gasteiger partial charge in [0.2, 0.25) is 5.91 Å². The number of hydrogen-bond acceptors (Lipinski definition) is 5. The van der Waals surface area contributed by atoms with Crippen LogP contribution in [0.5, 0.6) is 0 Å². The molecule has 0 unspecified atom stereocenters. The molecule has 3 rings (SSSR count). The number of aromatic nitrogens is 2. The van der Waals surface area contributed by atoms with Gasteiger partial charge in [-0.25, -0.2) is 8.78 Å². The fraction of sp³-hybridized carbons (Fsp3) is 0.333. The summed E-state index contributed by atoms with van der Waals surface area (Å²) in [5.74, 6) is 0.524. The van der Waals surface area contributed by atoms with Crippen molar-refractivity contribution in [3.63, 3.8) is 0 Å². The van der Waals surface area contributed by atoms with Gasteiger partial charge in [0.05, 0.1) is 6.42 Å². The molecule has 0 radical (unpaired) electrons. The van der Waals surface area contributed by atoms with E-state index in [0.717, 1.165) is 13.0 Å². The van der Waals surface area contributed by atoms with Gasteiger partial charge < -0.3 is 10.2 Å². The summed E-state index contributed by atoms with van der Waals surface area (Å²) >= 11 is 0. The lowest BCUT2D eigenvalue weighted by molar-refractivity contribution is -0.121. The van der Waals surface area contributed by atoms with Gasteiger partial charge in [0.15, 0.2) is 11.5 Å². The molecule has 1 aliphatic rings. The second kappa shape index (κ2) is 7.87. The molecule has 2 aromatic rings. The summed E-state index contributed by atoms with van der Waals surface area (Å²) in [6.07, 6.45) is -1.58. The molecule has 1 atom stereocenters. The molecular weight excluding hydrogens is 340 g/mol. The molecule has 1 saturated heterocycles. The molecule has 1 amide bonds. The SMILES string of the molecule is N#Cc1ccc(N2CC[C@H](NC(=O)Cc3ccc(C(F)F)cc3)C2)nn1. The molecule has 8 heteroatoms. The van der Waals surface area contributed by atoms with Gasteiger partial charge in [0.1, 0.15) is 6.07 Å². The van der Waals surface area contributed by atoms with E-state index in [-0.39, 0.29) is 29.6 Å². The minimum absolute atomic E-state index is 0.0136. The molecule has 1 N–H and O–H groups in total. The van der Waals surface area contributed by atoms with Gasteiger partial charge in [-0.1, -0.05) is 24.3 Å². The number of alkyl halides is 2. The zero-order valence-corrected chi connectivity index (χ0v) is 13.9. The number of nitrogens with zero attached hydrogens (tertiary/aromatic N) is 4. The van der Waals surface area contributed by atoms with Crippen LogP contribution in [0, 0.1) is 11.3 Å². The topological polar surface area (TPSA) is 81.9 Å². The van der Waals surface area contributed by atoms with Crippen LogP contribution in [-0.4, -0.2) is 35.2 Å². The Kier molecular flexibility index (Phi) is 5.37. The minimum atomic E-state index is -2.51. The van der Waals surface area contributed by atoms with Crippen molar-refractivity contribution in [2.24, 2.45) is 0 Å². The summed E-state index contributed by atoms with van der Waals surface area (Å²) < 4.78 is 25.1. The Hall–Kier alpha value is -3.08. The van der Waals surface area contributed by atoms with Crippen molar-refractivity contribution in [2.75, 3.05) is 18.0 Å². The number of benzene rings is 1. The van der Waals surface area contributed by atoms with Crippen LogP contribution in [0.2, 0.25) is 0 Å². The molecular formula is C18H17F2N5O. The Morgan fingerprint density at radius 2 is 2.04 bits per heavy atom. The maximum absolute atomic E-state index is 12.5. The number of nitrogens with one attached hydrogen (secondary N) is 1. The second-order valence-electron chi connectivity index (χ2n) is 6.11. The number of nitriles is 1. The van der Waals surface area contributed by atoms with Gasteiger partial charge in [0, 0.05) is 24.7 Å². The lowest BCUT2D eigenvalue weighted by Crippen LogP contribution is -2.38. The highest BCUT2D eigenvalue weighted by molar-refractivity contribution is 5.79. The van der Waals surface area contributed by atoms with Gasteiger partial charge in [0.25, 0.3) is 6.43 Å². The number of amides is 1. The normalized spacial score (nSPS) is 16.5. The maximum atomic E-state index is 12.5. The highest BCUT2D eigenvalue weighted by Gasteiger charge is 2.25. The molecule has 2 heterocycles. The fourth-order valence-corrected chi connectivity index (χ4v) is 2.88. The van der Waals surface area contributed by atoms with Crippen LogP contribution in [-0.2, 0) is 11.2 Å². The van der Waals surface area contributed by atoms with Gasteiger partial charge in [-0.05, 0) is 24.1 Å². The second-order valence-corrected chi connectivity index (χ2v) is 6.11. The molecule has 1 aromatic heterocycles. The van der Waals surface area contributed by atoms with E-state index in [4.69, 9.17) is 5.26 Å².